The van der Waals surface area contributed by atoms with Crippen LogP contribution in [0.3, 0.4) is 0 Å². The van der Waals surface area contributed by atoms with Gasteiger partial charge in [0, 0.05) is 40.9 Å². The Labute approximate surface area is 157 Å². The molecule has 0 unspecified atom stereocenters. The molecule has 3 N–H and O–H groups in total. The van der Waals surface area contributed by atoms with Crippen LogP contribution in [0.5, 0.6) is 0 Å². The fourth-order valence-corrected chi connectivity index (χ4v) is 3.24. The summed E-state index contributed by atoms with van der Waals surface area (Å²) in [6, 6.07) is 9.33. The number of benzene rings is 1. The molecule has 0 aliphatic rings. The maximum atomic E-state index is 12.2. The average molecular weight is 381 g/mol. The van der Waals surface area contributed by atoms with Gasteiger partial charge in [-0.15, -0.1) is 0 Å². The summed E-state index contributed by atoms with van der Waals surface area (Å²) in [6.07, 6.45) is 2.00. The van der Waals surface area contributed by atoms with Crippen LogP contribution in [0.2, 0.25) is 0 Å². The van der Waals surface area contributed by atoms with Gasteiger partial charge in [-0.3, -0.25) is 20.4 Å². The normalized spacial score (nSPS) is 10.8. The van der Waals surface area contributed by atoms with E-state index in [1.807, 2.05) is 41.1 Å². The molecule has 1 aromatic carbocycles. The van der Waals surface area contributed by atoms with Crippen LogP contribution in [0.25, 0.3) is 22.3 Å². The number of thiophene rings is 1. The number of hydrogen-bond donors (Lipinski definition) is 3. The number of aromatic amines is 1. The number of fused-ring (bicyclic) bond motifs is 1. The van der Waals surface area contributed by atoms with Crippen LogP contribution >= 0.6 is 11.3 Å². The van der Waals surface area contributed by atoms with Crippen molar-refractivity contribution in [2.45, 2.75) is 12.8 Å². The molecule has 0 radical (unpaired) electrons. The van der Waals surface area contributed by atoms with Crippen LogP contribution < -0.4 is 10.9 Å². The molecule has 27 heavy (non-hydrogen) atoms. The molecule has 8 nitrogen and oxygen atoms in total. The molecule has 0 atom stereocenters. The van der Waals surface area contributed by atoms with Crippen molar-refractivity contribution in [3.63, 3.8) is 0 Å². The van der Waals surface area contributed by atoms with Gasteiger partial charge in [0.05, 0.1) is 5.56 Å². The SMILES string of the molecule is O=C(CCc1nc(-c2ccsc2)no1)NNC(=O)c1c[nH]c2ccccc12. The second-order valence-corrected chi connectivity index (χ2v) is 6.55. The molecule has 0 saturated heterocycles. The summed E-state index contributed by atoms with van der Waals surface area (Å²) in [7, 11) is 0. The van der Waals surface area contributed by atoms with Gasteiger partial charge in [0.25, 0.3) is 5.91 Å². The first-order valence-electron chi connectivity index (χ1n) is 8.21. The minimum absolute atomic E-state index is 0.111. The van der Waals surface area contributed by atoms with E-state index >= 15 is 0 Å². The van der Waals surface area contributed by atoms with Crippen molar-refractivity contribution in [2.24, 2.45) is 0 Å². The van der Waals surface area contributed by atoms with Gasteiger partial charge >= 0.3 is 0 Å². The minimum Gasteiger partial charge on any atom is -0.360 e. The van der Waals surface area contributed by atoms with Crippen LogP contribution in [-0.2, 0) is 11.2 Å². The van der Waals surface area contributed by atoms with Gasteiger partial charge in [0.2, 0.25) is 17.6 Å². The van der Waals surface area contributed by atoms with E-state index in [-0.39, 0.29) is 18.7 Å². The first-order chi connectivity index (χ1) is 13.2. The van der Waals surface area contributed by atoms with Crippen molar-refractivity contribution < 1.29 is 14.1 Å². The lowest BCUT2D eigenvalue weighted by Crippen LogP contribution is -2.41. The molecule has 2 amide bonds. The van der Waals surface area contributed by atoms with E-state index in [1.54, 1.807) is 17.5 Å². The third kappa shape index (κ3) is 3.72. The van der Waals surface area contributed by atoms with Crippen LogP contribution in [0.4, 0.5) is 0 Å². The summed E-state index contributed by atoms with van der Waals surface area (Å²) >= 11 is 1.54. The molecule has 4 aromatic rings. The third-order valence-electron chi connectivity index (χ3n) is 3.96. The fourth-order valence-electron chi connectivity index (χ4n) is 2.60. The highest BCUT2D eigenvalue weighted by molar-refractivity contribution is 7.08. The molecule has 9 heteroatoms. The largest absolute Gasteiger partial charge is 0.360 e. The maximum Gasteiger partial charge on any atom is 0.271 e. The number of carbonyl (C=O) groups excluding carboxylic acids is 2. The lowest BCUT2D eigenvalue weighted by molar-refractivity contribution is -0.121. The summed E-state index contributed by atoms with van der Waals surface area (Å²) in [5, 5.41) is 8.52. The van der Waals surface area contributed by atoms with Crippen molar-refractivity contribution in [3.8, 4) is 11.4 Å². The molecule has 0 spiro atoms. The molecular formula is C18H15N5O3S. The van der Waals surface area contributed by atoms with Gasteiger partial charge in [0.1, 0.15) is 0 Å². The highest BCUT2D eigenvalue weighted by Crippen LogP contribution is 2.19. The Bertz CT molecular complexity index is 1080. The van der Waals surface area contributed by atoms with E-state index in [0.717, 1.165) is 16.5 Å². The number of aromatic nitrogens is 3. The zero-order valence-electron chi connectivity index (χ0n) is 14.1. The predicted molar refractivity (Wildman–Crippen MR) is 99.8 cm³/mol. The Morgan fingerprint density at radius 1 is 1.19 bits per heavy atom. The van der Waals surface area contributed by atoms with Crippen molar-refractivity contribution in [1.82, 2.24) is 26.0 Å². The molecule has 4 rings (SSSR count). The number of hydrogen-bond acceptors (Lipinski definition) is 6. The molecule has 136 valence electrons. The number of nitrogens with zero attached hydrogens (tertiary/aromatic N) is 2. The Morgan fingerprint density at radius 3 is 2.93 bits per heavy atom. The molecular weight excluding hydrogens is 366 g/mol. The van der Waals surface area contributed by atoms with Gasteiger partial charge in [-0.05, 0) is 17.5 Å². The number of rotatable bonds is 5. The van der Waals surface area contributed by atoms with Gasteiger partial charge in [0.15, 0.2) is 0 Å². The van der Waals surface area contributed by atoms with E-state index in [4.69, 9.17) is 4.52 Å². The molecule has 0 fully saturated rings. The molecule has 3 heterocycles. The summed E-state index contributed by atoms with van der Waals surface area (Å²) in [5.74, 6) is 0.130. The molecule has 0 aliphatic heterocycles. The monoisotopic (exact) mass is 381 g/mol. The highest BCUT2D eigenvalue weighted by Gasteiger charge is 2.14. The number of H-pyrrole nitrogens is 1. The minimum atomic E-state index is -0.390. The van der Waals surface area contributed by atoms with Gasteiger partial charge in [-0.2, -0.15) is 16.3 Å². The Hall–Kier alpha value is -3.46. The van der Waals surface area contributed by atoms with E-state index in [9.17, 15) is 9.59 Å². The third-order valence-corrected chi connectivity index (χ3v) is 4.65. The first-order valence-corrected chi connectivity index (χ1v) is 9.15. The zero-order chi connectivity index (χ0) is 18.6. The van der Waals surface area contributed by atoms with E-state index < -0.39 is 5.91 Å². The van der Waals surface area contributed by atoms with E-state index in [1.165, 1.54) is 0 Å². The van der Waals surface area contributed by atoms with Crippen LogP contribution in [-0.4, -0.2) is 26.9 Å². The van der Waals surface area contributed by atoms with Gasteiger partial charge < -0.3 is 9.51 Å². The first kappa shape index (κ1) is 17.0. The lowest BCUT2D eigenvalue weighted by Gasteiger charge is -2.05. The molecule has 0 aliphatic carbocycles. The second kappa shape index (κ2) is 7.42. The number of nitrogens with one attached hydrogen (secondary N) is 3. The highest BCUT2D eigenvalue weighted by atomic mass is 32.1. The van der Waals surface area contributed by atoms with Crippen molar-refractivity contribution in [3.05, 3.63) is 58.7 Å². The topological polar surface area (TPSA) is 113 Å². The van der Waals surface area contributed by atoms with Gasteiger partial charge in [-0.1, -0.05) is 23.4 Å². The molecule has 3 aromatic heterocycles. The van der Waals surface area contributed by atoms with Crippen LogP contribution in [0, 0.1) is 0 Å². The van der Waals surface area contributed by atoms with Crippen molar-refractivity contribution in [2.75, 3.05) is 0 Å². The molecule has 0 bridgehead atoms. The number of amides is 2. The van der Waals surface area contributed by atoms with E-state index in [2.05, 4.69) is 26.0 Å². The number of hydrazine groups is 1. The lowest BCUT2D eigenvalue weighted by atomic mass is 10.2. The van der Waals surface area contributed by atoms with Crippen molar-refractivity contribution in [1.29, 1.82) is 0 Å². The fraction of sp³-hybridized carbons (Fsp3) is 0.111. The van der Waals surface area contributed by atoms with Gasteiger partial charge in [-0.25, -0.2) is 0 Å². The standard InChI is InChI=1S/C18H15N5O3S/c24-15(5-6-16-20-17(23-26-16)11-7-8-27-10-11)21-22-18(25)13-9-19-14-4-2-1-3-12(13)14/h1-4,7-10,19H,5-6H2,(H,21,24)(H,22,25). The number of aryl methyl sites for hydroxylation is 1. The maximum absolute atomic E-state index is 12.2. The smallest absolute Gasteiger partial charge is 0.271 e. The summed E-state index contributed by atoms with van der Waals surface area (Å²) in [5.41, 5.74) is 7.01. The quantitative estimate of drug-likeness (QED) is 0.460. The average Bonchev–Trinajstić information content (AvgIpc) is 3.44. The molecule has 0 saturated carbocycles. The summed E-state index contributed by atoms with van der Waals surface area (Å²) in [4.78, 5) is 31.5. The number of carbonyl (C=O) groups is 2. The van der Waals surface area contributed by atoms with E-state index in [0.29, 0.717) is 17.3 Å². The zero-order valence-corrected chi connectivity index (χ0v) is 14.9. The summed E-state index contributed by atoms with van der Waals surface area (Å²) in [6.45, 7) is 0. The Kier molecular flexibility index (Phi) is 4.67. The summed E-state index contributed by atoms with van der Waals surface area (Å²) < 4.78 is 5.14. The van der Waals surface area contributed by atoms with Crippen LogP contribution in [0.15, 0.2) is 51.8 Å². The second-order valence-electron chi connectivity index (χ2n) is 5.77. The van der Waals surface area contributed by atoms with Crippen LogP contribution in [0.1, 0.15) is 22.7 Å². The van der Waals surface area contributed by atoms with Crippen molar-refractivity contribution >= 4 is 34.1 Å². The Morgan fingerprint density at radius 2 is 2.07 bits per heavy atom. The Balaban J connectivity index is 1.29. The predicted octanol–water partition coefficient (Wildman–Crippen LogP) is 2.67. The number of para-hydroxylation sites is 1.